The molecule has 3 aromatic rings. The fourth-order valence-electron chi connectivity index (χ4n) is 4.49. The second kappa shape index (κ2) is 11.2. The van der Waals surface area contributed by atoms with E-state index in [1.165, 1.54) is 10.4 Å². The van der Waals surface area contributed by atoms with Crippen molar-refractivity contribution in [1.82, 2.24) is 14.6 Å². The number of ether oxygens (including phenoxy) is 2. The SMILES string of the molecule is Cc1ccc(CNC(=O)/C=C/C2Cc3c(-c4ccc(S(=O)(=O)N5CCOCC5)cc4)ccc(Cl)c3O2)cn1. The van der Waals surface area contributed by atoms with Gasteiger partial charge in [0.05, 0.1) is 23.1 Å². The summed E-state index contributed by atoms with van der Waals surface area (Å²) in [5, 5.41) is 3.33. The van der Waals surface area contributed by atoms with Crippen LogP contribution in [0.1, 0.15) is 16.8 Å². The van der Waals surface area contributed by atoms with Crippen LogP contribution in [0.2, 0.25) is 5.02 Å². The smallest absolute Gasteiger partial charge is 0.244 e. The van der Waals surface area contributed by atoms with Gasteiger partial charge in [-0.3, -0.25) is 9.78 Å². The van der Waals surface area contributed by atoms with Crippen molar-refractivity contribution in [2.24, 2.45) is 0 Å². The molecule has 1 N–H and O–H groups in total. The molecule has 8 nitrogen and oxygen atoms in total. The Hall–Kier alpha value is -3.24. The van der Waals surface area contributed by atoms with Gasteiger partial charge in [-0.25, -0.2) is 8.42 Å². The fourth-order valence-corrected chi connectivity index (χ4v) is 6.12. The molecule has 10 heteroatoms. The number of morpholine rings is 1. The number of benzene rings is 2. The highest BCUT2D eigenvalue weighted by atomic mass is 35.5. The van der Waals surface area contributed by atoms with Crippen LogP contribution in [0.25, 0.3) is 11.1 Å². The van der Waals surface area contributed by atoms with Gasteiger partial charge in [-0.1, -0.05) is 35.9 Å². The van der Waals surface area contributed by atoms with Crippen molar-refractivity contribution in [3.8, 4) is 16.9 Å². The van der Waals surface area contributed by atoms with Gasteiger partial charge in [0, 0.05) is 49.6 Å². The second-order valence-corrected chi connectivity index (χ2v) is 11.5. The first-order valence-corrected chi connectivity index (χ1v) is 14.2. The lowest BCUT2D eigenvalue weighted by Crippen LogP contribution is -2.40. The highest BCUT2D eigenvalue weighted by molar-refractivity contribution is 7.89. The Morgan fingerprint density at radius 1 is 1.13 bits per heavy atom. The number of hydrogen-bond donors (Lipinski definition) is 1. The zero-order valence-electron chi connectivity index (χ0n) is 20.9. The van der Waals surface area contributed by atoms with Crippen molar-refractivity contribution in [2.75, 3.05) is 26.3 Å². The molecule has 1 unspecified atom stereocenters. The minimum absolute atomic E-state index is 0.228. The number of aryl methyl sites for hydroxylation is 1. The summed E-state index contributed by atoms with van der Waals surface area (Å²) in [6.07, 6.45) is 5.11. The number of hydrogen-bond acceptors (Lipinski definition) is 6. The second-order valence-electron chi connectivity index (χ2n) is 9.19. The van der Waals surface area contributed by atoms with Gasteiger partial charge in [-0.05, 0) is 54.0 Å². The molecule has 0 aliphatic carbocycles. The van der Waals surface area contributed by atoms with E-state index in [9.17, 15) is 13.2 Å². The molecule has 0 saturated carbocycles. The zero-order chi connectivity index (χ0) is 26.7. The Morgan fingerprint density at radius 3 is 2.61 bits per heavy atom. The van der Waals surface area contributed by atoms with E-state index in [1.54, 1.807) is 42.6 Å². The van der Waals surface area contributed by atoms with Gasteiger partial charge in [0.15, 0.2) is 0 Å². The molecule has 1 saturated heterocycles. The van der Waals surface area contributed by atoms with Crippen LogP contribution >= 0.6 is 11.6 Å². The Kier molecular flexibility index (Phi) is 7.80. The quantitative estimate of drug-likeness (QED) is 0.446. The number of sulfonamides is 1. The van der Waals surface area contributed by atoms with Crippen molar-refractivity contribution >= 4 is 27.5 Å². The summed E-state index contributed by atoms with van der Waals surface area (Å²) in [5.74, 6) is 0.350. The van der Waals surface area contributed by atoms with E-state index >= 15 is 0 Å². The van der Waals surface area contributed by atoms with Crippen LogP contribution in [-0.4, -0.2) is 56.0 Å². The summed E-state index contributed by atoms with van der Waals surface area (Å²) < 4.78 is 38.7. The Bertz CT molecular complexity index is 1450. The van der Waals surface area contributed by atoms with Gasteiger partial charge in [0.25, 0.3) is 0 Å². The summed E-state index contributed by atoms with van der Waals surface area (Å²) in [7, 11) is -3.57. The van der Waals surface area contributed by atoms with E-state index in [0.717, 1.165) is 27.9 Å². The maximum atomic E-state index is 13.0. The van der Waals surface area contributed by atoms with Gasteiger partial charge in [-0.2, -0.15) is 4.31 Å². The van der Waals surface area contributed by atoms with E-state index < -0.39 is 10.0 Å². The predicted molar refractivity (Wildman–Crippen MR) is 145 cm³/mol. The number of aromatic nitrogens is 1. The molecule has 3 heterocycles. The number of carbonyl (C=O) groups is 1. The van der Waals surface area contributed by atoms with Gasteiger partial charge in [0.1, 0.15) is 11.9 Å². The lowest BCUT2D eigenvalue weighted by Gasteiger charge is -2.26. The Morgan fingerprint density at radius 2 is 1.89 bits per heavy atom. The maximum absolute atomic E-state index is 13.0. The fraction of sp³-hybridized carbons (Fsp3) is 0.286. The highest BCUT2D eigenvalue weighted by Gasteiger charge is 2.28. The first-order chi connectivity index (χ1) is 18.3. The largest absolute Gasteiger partial charge is 0.484 e. The predicted octanol–water partition coefficient (Wildman–Crippen LogP) is 3.91. The molecule has 1 atom stereocenters. The zero-order valence-corrected chi connectivity index (χ0v) is 22.5. The third-order valence-corrected chi connectivity index (χ3v) is 8.77. The van der Waals surface area contributed by atoms with Crippen LogP contribution in [0, 0.1) is 6.92 Å². The molecule has 0 bridgehead atoms. The topological polar surface area (TPSA) is 97.8 Å². The van der Waals surface area contributed by atoms with Crippen LogP contribution in [0.3, 0.4) is 0 Å². The molecule has 2 aromatic carbocycles. The van der Waals surface area contributed by atoms with E-state index in [-0.39, 0.29) is 16.9 Å². The van der Waals surface area contributed by atoms with Gasteiger partial charge < -0.3 is 14.8 Å². The number of fused-ring (bicyclic) bond motifs is 1. The number of rotatable bonds is 7. The first kappa shape index (κ1) is 26.4. The molecule has 0 radical (unpaired) electrons. The van der Waals surface area contributed by atoms with Crippen LogP contribution < -0.4 is 10.1 Å². The number of amides is 1. The molecule has 198 valence electrons. The third-order valence-electron chi connectivity index (χ3n) is 6.56. The molecule has 1 amide bonds. The van der Waals surface area contributed by atoms with Crippen molar-refractivity contribution in [3.05, 3.63) is 88.7 Å². The molecule has 2 aliphatic heterocycles. The molecular weight excluding hydrogens is 526 g/mol. The van der Waals surface area contributed by atoms with Crippen molar-refractivity contribution in [3.63, 3.8) is 0 Å². The molecular formula is C28H28ClN3O5S. The minimum Gasteiger partial charge on any atom is -0.484 e. The van der Waals surface area contributed by atoms with Crippen molar-refractivity contribution in [1.29, 1.82) is 0 Å². The molecule has 1 aromatic heterocycles. The highest BCUT2D eigenvalue weighted by Crippen LogP contribution is 2.42. The molecule has 2 aliphatic rings. The van der Waals surface area contributed by atoms with Crippen LogP contribution in [0.15, 0.2) is 71.8 Å². The molecule has 0 spiro atoms. The van der Waals surface area contributed by atoms with Crippen LogP contribution in [-0.2, 0) is 32.5 Å². The third kappa shape index (κ3) is 5.76. The van der Waals surface area contributed by atoms with Crippen molar-refractivity contribution in [2.45, 2.75) is 30.9 Å². The van der Waals surface area contributed by atoms with Crippen molar-refractivity contribution < 1.29 is 22.7 Å². The number of carbonyl (C=O) groups excluding carboxylic acids is 1. The van der Waals surface area contributed by atoms with Gasteiger partial charge >= 0.3 is 0 Å². The average Bonchev–Trinajstić information content (AvgIpc) is 3.38. The number of pyridine rings is 1. The van der Waals surface area contributed by atoms with E-state index in [0.29, 0.717) is 50.0 Å². The minimum atomic E-state index is -3.57. The average molecular weight is 554 g/mol. The lowest BCUT2D eigenvalue weighted by atomic mass is 9.96. The number of halogens is 1. The molecule has 1 fully saturated rings. The maximum Gasteiger partial charge on any atom is 0.244 e. The Balaban J connectivity index is 1.27. The summed E-state index contributed by atoms with van der Waals surface area (Å²) in [6.45, 7) is 3.79. The van der Waals surface area contributed by atoms with E-state index in [2.05, 4.69) is 10.3 Å². The van der Waals surface area contributed by atoms with E-state index in [4.69, 9.17) is 21.1 Å². The summed E-state index contributed by atoms with van der Waals surface area (Å²) >= 11 is 6.43. The Labute approximate surface area is 227 Å². The summed E-state index contributed by atoms with van der Waals surface area (Å²) in [4.78, 5) is 16.8. The molecule has 5 rings (SSSR count). The van der Waals surface area contributed by atoms with Crippen LogP contribution in [0.4, 0.5) is 0 Å². The van der Waals surface area contributed by atoms with Gasteiger partial charge in [0.2, 0.25) is 15.9 Å². The van der Waals surface area contributed by atoms with Gasteiger partial charge in [-0.15, -0.1) is 0 Å². The number of nitrogens with zero attached hydrogens (tertiary/aromatic N) is 2. The summed E-state index contributed by atoms with van der Waals surface area (Å²) in [5.41, 5.74) is 4.53. The monoisotopic (exact) mass is 553 g/mol. The normalized spacial score (nSPS) is 17.8. The number of nitrogens with one attached hydrogen (secondary N) is 1. The van der Waals surface area contributed by atoms with Crippen LogP contribution in [0.5, 0.6) is 5.75 Å². The standard InChI is InChI=1S/C28H28ClN3O5S/c1-19-2-3-20(17-30-19)18-31-27(33)11-6-22-16-25-24(9-10-26(29)28(25)37-22)21-4-7-23(8-5-21)38(34,35)32-12-14-36-15-13-32/h2-11,17,22H,12-16,18H2,1H3,(H,31,33)/b11-6+. The van der Waals surface area contributed by atoms with E-state index in [1.807, 2.05) is 25.1 Å². The molecule has 38 heavy (non-hydrogen) atoms. The first-order valence-electron chi connectivity index (χ1n) is 12.4. The summed E-state index contributed by atoms with van der Waals surface area (Å²) in [6, 6.07) is 14.4. The lowest BCUT2D eigenvalue weighted by molar-refractivity contribution is -0.116.